The summed E-state index contributed by atoms with van der Waals surface area (Å²) < 4.78 is 30.9. The van der Waals surface area contributed by atoms with Gasteiger partial charge in [0.25, 0.3) is 5.92 Å². The van der Waals surface area contributed by atoms with Gasteiger partial charge in [0, 0.05) is 25.5 Å². The van der Waals surface area contributed by atoms with Gasteiger partial charge >= 0.3 is 0 Å². The highest BCUT2D eigenvalue weighted by molar-refractivity contribution is 4.79. The highest BCUT2D eigenvalue weighted by Crippen LogP contribution is 2.32. The van der Waals surface area contributed by atoms with E-state index in [0.29, 0.717) is 13.0 Å². The molecule has 1 saturated heterocycles. The Morgan fingerprint density at radius 3 is 2.82 bits per heavy atom. The predicted octanol–water partition coefficient (Wildman–Crippen LogP) is 1.01. The van der Waals surface area contributed by atoms with Crippen LogP contribution in [0, 0.1) is 5.92 Å². The Morgan fingerprint density at radius 2 is 2.18 bits per heavy atom. The van der Waals surface area contributed by atoms with Crippen molar-refractivity contribution in [3.63, 3.8) is 0 Å². The highest BCUT2D eigenvalue weighted by Gasteiger charge is 2.39. The van der Waals surface area contributed by atoms with Crippen LogP contribution in [0.25, 0.3) is 0 Å². The predicted molar refractivity (Wildman–Crippen MR) is 37.5 cm³/mol. The molecule has 1 unspecified atom stereocenters. The molecule has 1 aliphatic rings. The molecular formula is C7H13F2NO. The molecule has 0 aromatic carbocycles. The first-order chi connectivity index (χ1) is 5.17. The molecule has 2 nitrogen and oxygen atoms in total. The molecule has 0 amide bonds. The third-order valence-corrected chi connectivity index (χ3v) is 2.07. The Balaban J connectivity index is 2.56. The molecule has 0 aliphatic carbocycles. The second kappa shape index (κ2) is 3.45. The van der Waals surface area contributed by atoms with Crippen LogP contribution in [0.3, 0.4) is 0 Å². The van der Waals surface area contributed by atoms with Crippen molar-refractivity contribution in [2.75, 3.05) is 19.8 Å². The van der Waals surface area contributed by atoms with Gasteiger partial charge in [0.15, 0.2) is 0 Å². The molecule has 1 atom stereocenters. The maximum absolute atomic E-state index is 13.0. The molecule has 0 radical (unpaired) electrons. The van der Waals surface area contributed by atoms with Crippen molar-refractivity contribution in [2.24, 2.45) is 11.7 Å². The number of alkyl halides is 2. The average Bonchev–Trinajstić information content (AvgIpc) is 2.10. The maximum atomic E-state index is 13.0. The van der Waals surface area contributed by atoms with E-state index in [-0.39, 0.29) is 19.6 Å². The summed E-state index contributed by atoms with van der Waals surface area (Å²) in [5.41, 5.74) is 5.21. The van der Waals surface area contributed by atoms with Crippen LogP contribution in [0.15, 0.2) is 0 Å². The van der Waals surface area contributed by atoms with Crippen LogP contribution in [-0.2, 0) is 4.74 Å². The van der Waals surface area contributed by atoms with Gasteiger partial charge in [-0.1, -0.05) is 0 Å². The molecule has 66 valence electrons. The van der Waals surface area contributed by atoms with Crippen LogP contribution in [-0.4, -0.2) is 25.7 Å². The molecule has 0 aromatic rings. The molecule has 1 rings (SSSR count). The van der Waals surface area contributed by atoms with Gasteiger partial charge in [0.05, 0.1) is 6.61 Å². The number of halogens is 2. The van der Waals surface area contributed by atoms with E-state index in [2.05, 4.69) is 0 Å². The minimum atomic E-state index is -2.62. The number of ether oxygens (including phenoxy) is 1. The minimum absolute atomic E-state index is 0.0519. The van der Waals surface area contributed by atoms with Crippen LogP contribution in [0.5, 0.6) is 0 Å². The van der Waals surface area contributed by atoms with Gasteiger partial charge in [0.2, 0.25) is 0 Å². The Bertz CT molecular complexity index is 130. The third-order valence-electron chi connectivity index (χ3n) is 2.07. The summed E-state index contributed by atoms with van der Waals surface area (Å²) in [5.74, 6) is -3.31. The van der Waals surface area contributed by atoms with Crippen LogP contribution < -0.4 is 5.73 Å². The molecule has 0 saturated carbocycles. The fraction of sp³-hybridized carbons (Fsp3) is 1.00. The van der Waals surface area contributed by atoms with Gasteiger partial charge in [-0.15, -0.1) is 0 Å². The summed E-state index contributed by atoms with van der Waals surface area (Å²) in [5, 5.41) is 0. The summed E-state index contributed by atoms with van der Waals surface area (Å²) in [6, 6.07) is 0. The number of nitrogens with two attached hydrogens (primary N) is 1. The summed E-state index contributed by atoms with van der Waals surface area (Å²) in [4.78, 5) is 0. The van der Waals surface area contributed by atoms with Crippen molar-refractivity contribution in [3.05, 3.63) is 0 Å². The third kappa shape index (κ3) is 2.10. The minimum Gasteiger partial charge on any atom is -0.381 e. The van der Waals surface area contributed by atoms with E-state index in [9.17, 15) is 8.78 Å². The van der Waals surface area contributed by atoms with E-state index in [0.717, 1.165) is 0 Å². The van der Waals surface area contributed by atoms with Crippen LogP contribution in [0.1, 0.15) is 12.8 Å². The first-order valence-electron chi connectivity index (χ1n) is 3.82. The van der Waals surface area contributed by atoms with Crippen molar-refractivity contribution in [3.8, 4) is 0 Å². The van der Waals surface area contributed by atoms with Crippen LogP contribution in [0.4, 0.5) is 8.78 Å². The first-order valence-corrected chi connectivity index (χ1v) is 3.82. The van der Waals surface area contributed by atoms with Gasteiger partial charge < -0.3 is 10.5 Å². The summed E-state index contributed by atoms with van der Waals surface area (Å²) in [7, 11) is 0. The molecule has 0 bridgehead atoms. The molecule has 1 heterocycles. The molecule has 1 fully saturated rings. The van der Waals surface area contributed by atoms with E-state index in [1.165, 1.54) is 0 Å². The smallest absolute Gasteiger partial charge is 0.254 e. The van der Waals surface area contributed by atoms with E-state index < -0.39 is 11.8 Å². The van der Waals surface area contributed by atoms with Crippen molar-refractivity contribution in [1.82, 2.24) is 0 Å². The molecule has 0 spiro atoms. The molecule has 1 aliphatic heterocycles. The van der Waals surface area contributed by atoms with Crippen LogP contribution in [0.2, 0.25) is 0 Å². The Kier molecular flexibility index (Phi) is 2.78. The monoisotopic (exact) mass is 165 g/mol. The quantitative estimate of drug-likeness (QED) is 0.629. The lowest BCUT2D eigenvalue weighted by atomic mass is 9.97. The van der Waals surface area contributed by atoms with E-state index in [1.54, 1.807) is 0 Å². The summed E-state index contributed by atoms with van der Waals surface area (Å²) >= 11 is 0. The molecule has 11 heavy (non-hydrogen) atoms. The van der Waals surface area contributed by atoms with Crippen LogP contribution >= 0.6 is 0 Å². The van der Waals surface area contributed by atoms with E-state index in [4.69, 9.17) is 10.5 Å². The zero-order chi connectivity index (χ0) is 8.32. The van der Waals surface area contributed by atoms with Crippen molar-refractivity contribution >= 4 is 0 Å². The normalized spacial score (nSPS) is 31.4. The highest BCUT2D eigenvalue weighted by atomic mass is 19.3. The zero-order valence-electron chi connectivity index (χ0n) is 6.35. The second-order valence-electron chi connectivity index (χ2n) is 2.84. The average molecular weight is 165 g/mol. The maximum Gasteiger partial charge on any atom is 0.254 e. The van der Waals surface area contributed by atoms with Crippen molar-refractivity contribution in [2.45, 2.75) is 18.8 Å². The Labute approximate surface area is 64.7 Å². The van der Waals surface area contributed by atoms with E-state index in [1.807, 2.05) is 0 Å². The molecule has 2 N–H and O–H groups in total. The van der Waals surface area contributed by atoms with E-state index >= 15 is 0 Å². The van der Waals surface area contributed by atoms with Gasteiger partial charge in [-0.25, -0.2) is 8.78 Å². The van der Waals surface area contributed by atoms with Crippen molar-refractivity contribution < 1.29 is 13.5 Å². The fourth-order valence-corrected chi connectivity index (χ4v) is 1.24. The van der Waals surface area contributed by atoms with Gasteiger partial charge in [-0.2, -0.15) is 0 Å². The lowest BCUT2D eigenvalue weighted by molar-refractivity contribution is -0.0597. The molecule has 4 heteroatoms. The lowest BCUT2D eigenvalue weighted by Gasteiger charge is -2.21. The topological polar surface area (TPSA) is 35.2 Å². The summed E-state index contributed by atoms with van der Waals surface area (Å²) in [6.07, 6.45) is 0.193. The second-order valence-corrected chi connectivity index (χ2v) is 2.84. The number of hydrogen-bond donors (Lipinski definition) is 1. The molecular weight excluding hydrogens is 152 g/mol. The molecule has 0 aromatic heterocycles. The van der Waals surface area contributed by atoms with Crippen molar-refractivity contribution in [1.29, 1.82) is 0 Å². The van der Waals surface area contributed by atoms with Gasteiger partial charge in [-0.3, -0.25) is 0 Å². The number of hydrogen-bond acceptors (Lipinski definition) is 2. The zero-order valence-corrected chi connectivity index (χ0v) is 6.35. The summed E-state index contributed by atoms with van der Waals surface area (Å²) in [6.45, 7) is 0.622. The fourth-order valence-electron chi connectivity index (χ4n) is 1.24. The Morgan fingerprint density at radius 1 is 1.45 bits per heavy atom. The van der Waals surface area contributed by atoms with Gasteiger partial charge in [-0.05, 0) is 6.42 Å². The SMILES string of the molecule is NCC1CCOCCC1(F)F. The first kappa shape index (κ1) is 8.87. The standard InChI is InChI=1S/C7H13F2NO/c8-7(9)2-4-11-3-1-6(7)5-10/h6H,1-5,10H2. The Hall–Kier alpha value is -0.220. The van der Waals surface area contributed by atoms with Gasteiger partial charge in [0.1, 0.15) is 0 Å². The number of rotatable bonds is 1. The largest absolute Gasteiger partial charge is 0.381 e. The lowest BCUT2D eigenvalue weighted by Crippen LogP contribution is -2.33.